The SMILES string of the molecule is CCCCCC[N+]12CCCN(C)C1=NCCC2CC.[Br-]. The van der Waals surface area contributed by atoms with E-state index >= 15 is 0 Å². The summed E-state index contributed by atoms with van der Waals surface area (Å²) in [5, 5.41) is 0. The quantitative estimate of drug-likeness (QED) is 0.498. The second kappa shape index (κ2) is 8.38. The molecule has 2 aliphatic heterocycles. The summed E-state index contributed by atoms with van der Waals surface area (Å²) < 4.78 is 1.21. The minimum Gasteiger partial charge on any atom is -1.00 e. The molecule has 1 fully saturated rings. The van der Waals surface area contributed by atoms with Gasteiger partial charge < -0.3 is 21.9 Å². The molecule has 0 spiro atoms. The van der Waals surface area contributed by atoms with Gasteiger partial charge in [-0.3, -0.25) is 4.48 Å². The number of fused-ring (bicyclic) bond motifs is 1. The van der Waals surface area contributed by atoms with Crippen LogP contribution in [0.25, 0.3) is 0 Å². The van der Waals surface area contributed by atoms with Crippen molar-refractivity contribution in [3.63, 3.8) is 0 Å². The summed E-state index contributed by atoms with van der Waals surface area (Å²) in [7, 11) is 2.25. The minimum atomic E-state index is 0. The van der Waals surface area contributed by atoms with Crippen molar-refractivity contribution in [2.45, 2.75) is 64.8 Å². The third-order valence-electron chi connectivity index (χ3n) is 5.09. The molecule has 2 unspecified atom stereocenters. The summed E-state index contributed by atoms with van der Waals surface area (Å²) in [5.41, 5.74) is 0. The fraction of sp³-hybridized carbons (Fsp3) is 0.938. The van der Waals surface area contributed by atoms with Crippen molar-refractivity contribution < 1.29 is 21.5 Å². The largest absolute Gasteiger partial charge is 1.00 e. The lowest BCUT2D eigenvalue weighted by Crippen LogP contribution is -3.00. The Morgan fingerprint density at radius 3 is 2.75 bits per heavy atom. The van der Waals surface area contributed by atoms with Gasteiger partial charge in [-0.1, -0.05) is 26.7 Å². The van der Waals surface area contributed by atoms with Gasteiger partial charge in [-0.15, -0.1) is 0 Å². The maximum Gasteiger partial charge on any atom is 0.300 e. The van der Waals surface area contributed by atoms with E-state index in [9.17, 15) is 0 Å². The van der Waals surface area contributed by atoms with Crippen LogP contribution in [0.1, 0.15) is 58.8 Å². The Morgan fingerprint density at radius 1 is 1.25 bits per heavy atom. The normalized spacial score (nSPS) is 29.4. The zero-order chi connectivity index (χ0) is 13.7. The summed E-state index contributed by atoms with van der Waals surface area (Å²) >= 11 is 0. The average Bonchev–Trinajstić information content (AvgIpc) is 2.43. The molecule has 2 aliphatic rings. The maximum atomic E-state index is 4.92. The van der Waals surface area contributed by atoms with Crippen LogP contribution in [0, 0.1) is 0 Å². The van der Waals surface area contributed by atoms with Crippen LogP contribution < -0.4 is 17.0 Å². The van der Waals surface area contributed by atoms with Gasteiger partial charge in [0.25, 0.3) is 5.96 Å². The molecule has 20 heavy (non-hydrogen) atoms. The van der Waals surface area contributed by atoms with Crippen molar-refractivity contribution in [1.82, 2.24) is 4.90 Å². The van der Waals surface area contributed by atoms with Gasteiger partial charge >= 0.3 is 0 Å². The first-order valence-electron chi connectivity index (χ1n) is 8.37. The Bertz CT molecular complexity index is 319. The van der Waals surface area contributed by atoms with Crippen LogP contribution in [0.3, 0.4) is 0 Å². The lowest BCUT2D eigenvalue weighted by molar-refractivity contribution is -0.879. The summed E-state index contributed by atoms with van der Waals surface area (Å²) in [6, 6.07) is 0.817. The highest BCUT2D eigenvalue weighted by molar-refractivity contribution is 5.74. The Morgan fingerprint density at radius 2 is 2.05 bits per heavy atom. The molecule has 0 aromatic rings. The Hall–Kier alpha value is -0.0900. The molecular formula is C16H32BrN3. The topological polar surface area (TPSA) is 15.6 Å². The number of nitrogens with zero attached hydrogens (tertiary/aromatic N) is 3. The molecule has 2 rings (SSSR count). The van der Waals surface area contributed by atoms with Crippen molar-refractivity contribution >= 4 is 5.96 Å². The highest BCUT2D eigenvalue weighted by atomic mass is 79.9. The molecule has 1 saturated heterocycles. The highest BCUT2D eigenvalue weighted by Gasteiger charge is 2.46. The second-order valence-electron chi connectivity index (χ2n) is 6.35. The highest BCUT2D eigenvalue weighted by Crippen LogP contribution is 2.31. The number of aliphatic imine (C=N–C) groups is 1. The van der Waals surface area contributed by atoms with E-state index in [4.69, 9.17) is 4.99 Å². The van der Waals surface area contributed by atoms with Crippen molar-refractivity contribution in [3.05, 3.63) is 0 Å². The predicted octanol–water partition coefficient (Wildman–Crippen LogP) is 0.261. The number of guanidine groups is 1. The van der Waals surface area contributed by atoms with Crippen LogP contribution in [0.4, 0.5) is 0 Å². The molecule has 0 amide bonds. The molecule has 0 bridgehead atoms. The number of rotatable bonds is 6. The number of hydrogen-bond donors (Lipinski definition) is 0. The average molecular weight is 346 g/mol. The summed E-state index contributed by atoms with van der Waals surface area (Å²) in [4.78, 5) is 7.35. The summed E-state index contributed by atoms with van der Waals surface area (Å²) in [6.45, 7) is 9.56. The second-order valence-corrected chi connectivity index (χ2v) is 6.35. The molecular weight excluding hydrogens is 314 g/mol. The molecule has 0 aliphatic carbocycles. The molecule has 0 radical (unpaired) electrons. The van der Waals surface area contributed by atoms with Gasteiger partial charge in [-0.25, -0.2) is 4.99 Å². The number of halogens is 1. The van der Waals surface area contributed by atoms with Gasteiger partial charge in [0, 0.05) is 26.4 Å². The molecule has 0 N–H and O–H groups in total. The van der Waals surface area contributed by atoms with Gasteiger partial charge in [-0.05, 0) is 19.3 Å². The summed E-state index contributed by atoms with van der Waals surface area (Å²) in [6.07, 6.45) is 9.42. The lowest BCUT2D eigenvalue weighted by Gasteiger charge is -2.51. The van der Waals surface area contributed by atoms with Crippen LogP contribution in [0.15, 0.2) is 4.99 Å². The van der Waals surface area contributed by atoms with E-state index in [2.05, 4.69) is 25.8 Å². The first kappa shape index (κ1) is 18.0. The Balaban J connectivity index is 0.00000200. The first-order chi connectivity index (χ1) is 9.24. The van der Waals surface area contributed by atoms with E-state index in [1.54, 1.807) is 0 Å². The fourth-order valence-electron chi connectivity index (χ4n) is 4.07. The van der Waals surface area contributed by atoms with Crippen molar-refractivity contribution in [3.8, 4) is 0 Å². The molecule has 0 aromatic carbocycles. The minimum absolute atomic E-state index is 0. The lowest BCUT2D eigenvalue weighted by atomic mass is 10.00. The molecule has 0 saturated carbocycles. The third kappa shape index (κ3) is 3.56. The number of hydrogen-bond acceptors (Lipinski definition) is 2. The summed E-state index contributed by atoms with van der Waals surface area (Å²) in [5.74, 6) is 1.40. The van der Waals surface area contributed by atoms with Gasteiger partial charge in [0.2, 0.25) is 0 Å². The van der Waals surface area contributed by atoms with Crippen LogP contribution in [0.5, 0.6) is 0 Å². The van der Waals surface area contributed by atoms with Crippen LogP contribution >= 0.6 is 0 Å². The van der Waals surface area contributed by atoms with Crippen LogP contribution in [-0.2, 0) is 0 Å². The van der Waals surface area contributed by atoms with Gasteiger partial charge in [0.1, 0.15) is 0 Å². The first-order valence-corrected chi connectivity index (χ1v) is 8.37. The van der Waals surface area contributed by atoms with Gasteiger partial charge in [0.05, 0.1) is 25.7 Å². The van der Waals surface area contributed by atoms with E-state index in [-0.39, 0.29) is 17.0 Å². The molecule has 118 valence electrons. The smallest absolute Gasteiger partial charge is 0.300 e. The van der Waals surface area contributed by atoms with E-state index in [1.165, 1.54) is 75.0 Å². The van der Waals surface area contributed by atoms with Crippen molar-refractivity contribution in [1.29, 1.82) is 0 Å². The van der Waals surface area contributed by atoms with E-state index in [0.717, 1.165) is 12.6 Å². The van der Waals surface area contributed by atoms with E-state index in [1.807, 2.05) is 0 Å². The standard InChI is InChI=1S/C16H32N3.BrH/c1-4-6-7-8-13-19-14-9-12-18(3)16(19)17-11-10-15(19)5-2;/h15H,4-14H2,1-3H3;1H/q+1;/p-1. The van der Waals surface area contributed by atoms with E-state index in [0.29, 0.717) is 0 Å². The molecule has 0 aromatic heterocycles. The number of unbranched alkanes of at least 4 members (excludes halogenated alkanes) is 3. The fourth-order valence-corrected chi connectivity index (χ4v) is 4.07. The molecule has 2 atom stereocenters. The van der Waals surface area contributed by atoms with Gasteiger partial charge in [0.15, 0.2) is 0 Å². The molecule has 3 nitrogen and oxygen atoms in total. The van der Waals surface area contributed by atoms with Crippen molar-refractivity contribution in [2.75, 3.05) is 33.2 Å². The van der Waals surface area contributed by atoms with Crippen molar-refractivity contribution in [2.24, 2.45) is 4.99 Å². The monoisotopic (exact) mass is 345 g/mol. The maximum absolute atomic E-state index is 4.92. The zero-order valence-corrected chi connectivity index (χ0v) is 15.2. The Labute approximate surface area is 135 Å². The molecule has 4 heteroatoms. The zero-order valence-electron chi connectivity index (χ0n) is 13.6. The van der Waals surface area contributed by atoms with Crippen LogP contribution in [0.2, 0.25) is 0 Å². The molecule has 2 heterocycles. The number of quaternary nitrogens is 1. The van der Waals surface area contributed by atoms with Crippen LogP contribution in [-0.4, -0.2) is 54.6 Å². The Kier molecular flexibility index (Phi) is 7.52. The predicted molar refractivity (Wildman–Crippen MR) is 82.4 cm³/mol. The van der Waals surface area contributed by atoms with Gasteiger partial charge in [-0.2, -0.15) is 0 Å². The van der Waals surface area contributed by atoms with E-state index < -0.39 is 0 Å². The third-order valence-corrected chi connectivity index (χ3v) is 5.09.